The number of fused-ring (bicyclic) bond motifs is 4. The first kappa shape index (κ1) is 74.7. The predicted molar refractivity (Wildman–Crippen MR) is 319 cm³/mol. The Morgan fingerprint density at radius 1 is 0.635 bits per heavy atom. The fourth-order valence-corrected chi connectivity index (χ4v) is 32.6. The van der Waals surface area contributed by atoms with Gasteiger partial charge in [0.1, 0.15) is 23.4 Å². The Labute approximate surface area is 508 Å². The van der Waals surface area contributed by atoms with Gasteiger partial charge in [-0.25, -0.2) is 0 Å². The number of unbranched alkanes of at least 4 members (excludes halogenated alkanes) is 3. The fourth-order valence-electron chi connectivity index (χ4n) is 17.4. The number of carbonyl (C=O) groups is 4. The molecule has 0 aromatic carbocycles. The second-order valence-electron chi connectivity index (χ2n) is 25.3. The Bertz CT molecular complexity index is 2750. The van der Waals surface area contributed by atoms with Gasteiger partial charge in [0.15, 0.2) is 33.9 Å². The van der Waals surface area contributed by atoms with Gasteiger partial charge in [-0.2, -0.15) is 21.6 Å². The van der Waals surface area contributed by atoms with Gasteiger partial charge in [-0.1, -0.05) is 49.1 Å². The maximum absolute atomic E-state index is 13.9. The standard InChI is InChI=1S/C24H34O7.C22H29F3O10S.3C4H9.C3H5.2CH4.Sn/c1-8-29-19-14(5)10-11-21(30-9-2)20(7)12-16(25)31-24(19,21)22(27)15(6)17(13(3)4)18(26)23(20,22)28;1-6-32-16-11(3)8-9-18(33-7-2)17(5)10-13(26)34-21(16,18)19(28)12(4)14(15(27)20(17,19)29)35-36(30,31)22(23,24)25;3*1-3-4-2;1-3-2;;;/h14,19,27-28H,3,8-12H2,1-2,4-7H3;11,16,28-29H,6-10H2,1-5H3;3*1,3-4H2,2H3;1H2,2H3;2*1H4;/t14?,19?,20?,21-,22?,23?,24?;11?,16?,17-,18-,19?,20?,21?;;;;;;;/m00......./s1. The number of alkyl halides is 3. The van der Waals surface area contributed by atoms with Crippen molar-refractivity contribution in [1.82, 2.24) is 0 Å². The molecule has 0 aromatic heterocycles. The van der Waals surface area contributed by atoms with Gasteiger partial charge >= 0.3 is 136 Å². The number of carbonyl (C=O) groups excluding carboxylic acids is 4. The van der Waals surface area contributed by atoms with Crippen LogP contribution in [0.15, 0.2) is 44.8 Å². The van der Waals surface area contributed by atoms with E-state index in [0.29, 0.717) is 31.4 Å². The number of ketones is 2. The van der Waals surface area contributed by atoms with Crippen LogP contribution in [0.25, 0.3) is 0 Å². The van der Waals surface area contributed by atoms with Gasteiger partial charge in [-0.15, -0.1) is 0 Å². The van der Waals surface area contributed by atoms with Crippen molar-refractivity contribution in [2.75, 3.05) is 26.4 Å². The normalized spacial score (nSPS) is 38.7. The molecule has 2 heterocycles. The van der Waals surface area contributed by atoms with Crippen LogP contribution in [0, 0.1) is 22.7 Å². The molecule has 2 saturated heterocycles. The molecule has 0 spiro atoms. The van der Waals surface area contributed by atoms with E-state index >= 15 is 0 Å². The Morgan fingerprint density at radius 2 is 1.00 bits per heavy atom. The molecule has 0 radical (unpaired) electrons. The molecule has 8 aliphatic rings. The first-order chi connectivity index (χ1) is 38.4. The number of Topliss-reactive ketones (excluding diaryl/α,β-unsaturated/α-hetero) is 2. The molecule has 11 unspecified atom stereocenters. The van der Waals surface area contributed by atoms with Crippen molar-refractivity contribution in [3.05, 3.63) is 44.8 Å². The number of hydrogen-bond donors (Lipinski definition) is 4. The number of hydrogen-bond acceptors (Lipinski definition) is 17. The van der Waals surface area contributed by atoms with E-state index in [1.54, 1.807) is 58.4 Å². The zero-order valence-electron chi connectivity index (χ0n) is 51.8. The molecule has 4 saturated carbocycles. The smallest absolute Gasteiger partial charge is 0.449 e. The van der Waals surface area contributed by atoms with E-state index in [4.69, 9.17) is 28.4 Å². The van der Waals surface area contributed by atoms with Gasteiger partial charge in [-0.3, -0.25) is 19.2 Å². The molecule has 22 heteroatoms. The molecular formula is C63H103F3O17SSn. The number of esters is 2. The summed E-state index contributed by atoms with van der Waals surface area (Å²) in [6.45, 7) is 36.1. The molecular weight excluding hydrogens is 1240 g/mol. The number of rotatable bonds is 21. The SMILES string of the molecule is C.C.C=C(C)C1=C(C)C2(O)C(O)(C1=O)C1(C)CC(=O)OC23C(OCC)C(C)CC[C@]13OCC.C=[C](C)[Sn]([CH2]CCC)([CH2]CCC)[CH2]CCC.CCOC1C(C)CC[C@@]2(OCC)C13OC(=O)C[C@]2(C)C1(O)C(=O)C(OS(=O)(=O)C(F)(F)F)=C(C)C13O. The summed E-state index contributed by atoms with van der Waals surface area (Å²) in [7, 11) is -6.35. The molecule has 4 bridgehead atoms. The molecule has 6 fully saturated rings. The van der Waals surface area contributed by atoms with Gasteiger partial charge in [-0.05, 0) is 97.1 Å². The second kappa shape index (κ2) is 25.5. The van der Waals surface area contributed by atoms with Crippen molar-refractivity contribution in [3.63, 3.8) is 0 Å². The van der Waals surface area contributed by atoms with E-state index in [1.807, 2.05) is 20.8 Å². The van der Waals surface area contributed by atoms with E-state index in [1.165, 1.54) is 45.4 Å². The fraction of sp³-hybridized carbons (Fsp3) is 0.810. The third kappa shape index (κ3) is 9.46. The van der Waals surface area contributed by atoms with E-state index in [-0.39, 0.29) is 64.6 Å². The third-order valence-corrected chi connectivity index (χ3v) is 38.5. The van der Waals surface area contributed by atoms with Gasteiger partial charge in [0.25, 0.3) is 0 Å². The average Bonchev–Trinajstić information content (AvgIpc) is 1.45. The molecule has 85 heavy (non-hydrogen) atoms. The topological polar surface area (TPSA) is 248 Å². The van der Waals surface area contributed by atoms with Crippen LogP contribution in [0.4, 0.5) is 13.2 Å². The second-order valence-corrected chi connectivity index (χ2v) is 40.9. The van der Waals surface area contributed by atoms with Crippen molar-refractivity contribution in [2.45, 2.75) is 272 Å². The maximum Gasteiger partial charge on any atom is 0.534 e. The maximum atomic E-state index is 13.9. The zero-order chi connectivity index (χ0) is 63.0. The molecule has 0 aromatic rings. The number of allylic oxidation sites excluding steroid dienone is 2. The summed E-state index contributed by atoms with van der Waals surface area (Å²) < 4.78 is 110. The minimum Gasteiger partial charge on any atom is -0.449 e. The minimum atomic E-state index is -6.35. The van der Waals surface area contributed by atoms with E-state index in [9.17, 15) is 61.2 Å². The van der Waals surface area contributed by atoms with Crippen LogP contribution in [0.5, 0.6) is 0 Å². The molecule has 6 aliphatic carbocycles. The number of ether oxygens (including phenoxy) is 6. The van der Waals surface area contributed by atoms with Crippen molar-refractivity contribution in [1.29, 1.82) is 0 Å². The van der Waals surface area contributed by atoms with Gasteiger partial charge in [0, 0.05) is 37.6 Å². The average molecular weight is 1340 g/mol. The van der Waals surface area contributed by atoms with Crippen LogP contribution in [0.2, 0.25) is 13.3 Å². The van der Waals surface area contributed by atoms with Crippen LogP contribution in [0.3, 0.4) is 0 Å². The summed E-state index contributed by atoms with van der Waals surface area (Å²) in [6.07, 6.45) is 7.20. The molecule has 488 valence electrons. The molecule has 4 N–H and O–H groups in total. The van der Waals surface area contributed by atoms with Gasteiger partial charge in [0.05, 0.1) is 23.7 Å². The van der Waals surface area contributed by atoms with Crippen LogP contribution in [-0.2, 0) is 61.9 Å². The van der Waals surface area contributed by atoms with Crippen LogP contribution < -0.4 is 0 Å². The number of halogens is 3. The van der Waals surface area contributed by atoms with Crippen molar-refractivity contribution < 1.29 is 93.8 Å². The molecule has 17 nitrogen and oxygen atoms in total. The predicted octanol–water partition coefficient (Wildman–Crippen LogP) is 11.0. The summed E-state index contributed by atoms with van der Waals surface area (Å²) >= 11 is -1.94. The first-order valence-corrected chi connectivity index (χ1v) is 39.0. The largest absolute Gasteiger partial charge is 0.534 e. The molecule has 2 aliphatic heterocycles. The summed E-state index contributed by atoms with van der Waals surface area (Å²) in [5.74, 6) is -5.65. The van der Waals surface area contributed by atoms with Crippen molar-refractivity contribution in [2.24, 2.45) is 22.7 Å². The van der Waals surface area contributed by atoms with Crippen LogP contribution in [-0.4, -0.2) is 160 Å². The van der Waals surface area contributed by atoms with E-state index in [0.717, 1.165) is 6.92 Å². The Hall–Kier alpha value is -2.74. The summed E-state index contributed by atoms with van der Waals surface area (Å²) in [5.41, 5.74) is -26.8. The minimum absolute atomic E-state index is 0. The molecule has 14 atom stereocenters. The summed E-state index contributed by atoms with van der Waals surface area (Å²) in [4.78, 5) is 53.6. The first-order valence-electron chi connectivity index (χ1n) is 30.1. The van der Waals surface area contributed by atoms with Crippen LogP contribution in [0.1, 0.15) is 196 Å². The summed E-state index contributed by atoms with van der Waals surface area (Å²) in [5, 5.41) is 49.5. The molecule has 8 rings (SSSR count). The van der Waals surface area contributed by atoms with Crippen molar-refractivity contribution in [3.8, 4) is 0 Å². The van der Waals surface area contributed by atoms with E-state index < -0.39 is 149 Å². The van der Waals surface area contributed by atoms with Crippen LogP contribution >= 0.6 is 0 Å². The van der Waals surface area contributed by atoms with Gasteiger partial charge < -0.3 is 53.0 Å². The van der Waals surface area contributed by atoms with Crippen molar-refractivity contribution >= 4 is 52.0 Å². The monoisotopic (exact) mass is 1340 g/mol. The third-order valence-electron chi connectivity index (χ3n) is 21.2. The Balaban J connectivity index is 0.000000289. The quantitative estimate of drug-likeness (QED) is 0.0361. The number of aliphatic hydroxyl groups is 4. The molecule has 0 amide bonds. The summed E-state index contributed by atoms with van der Waals surface area (Å²) in [6, 6.07) is 0. The van der Waals surface area contributed by atoms with Gasteiger partial charge in [0.2, 0.25) is 17.0 Å². The Kier molecular flexibility index (Phi) is 22.4. The van der Waals surface area contributed by atoms with E-state index in [2.05, 4.69) is 45.0 Å². The Morgan fingerprint density at radius 3 is 1.32 bits per heavy atom. The zero-order valence-corrected chi connectivity index (χ0v) is 55.5.